The van der Waals surface area contributed by atoms with Crippen molar-refractivity contribution >= 4 is 15.7 Å². The number of rotatable bonds is 4. The van der Waals surface area contributed by atoms with E-state index < -0.39 is 15.6 Å². The third-order valence-electron chi connectivity index (χ3n) is 5.31. The second-order valence-electron chi connectivity index (χ2n) is 7.90. The third kappa shape index (κ3) is 4.27. The summed E-state index contributed by atoms with van der Waals surface area (Å²) in [4.78, 5) is 2.60. The number of sulfonamides is 1. The summed E-state index contributed by atoms with van der Waals surface area (Å²) in [5.74, 6) is 0.114. The lowest BCUT2D eigenvalue weighted by atomic mass is 9.77. The van der Waals surface area contributed by atoms with Crippen molar-refractivity contribution in [2.24, 2.45) is 11.0 Å². The molecular formula is C19H28N2O4S. The van der Waals surface area contributed by atoms with E-state index in [2.05, 4.69) is 9.93 Å². The first-order valence-electron chi connectivity index (χ1n) is 9.19. The van der Waals surface area contributed by atoms with Crippen LogP contribution in [0.25, 0.3) is 0 Å². The van der Waals surface area contributed by atoms with Gasteiger partial charge in [0.2, 0.25) is 0 Å². The largest absolute Gasteiger partial charge is 0.388 e. The van der Waals surface area contributed by atoms with Crippen LogP contribution in [0.5, 0.6) is 0 Å². The van der Waals surface area contributed by atoms with Crippen molar-refractivity contribution in [3.63, 3.8) is 0 Å². The van der Waals surface area contributed by atoms with Crippen LogP contribution in [0.4, 0.5) is 0 Å². The molecule has 6 nitrogen and oxygen atoms in total. The third-order valence-corrected chi connectivity index (χ3v) is 6.53. The highest BCUT2D eigenvalue weighted by molar-refractivity contribution is 7.89. The molecule has 0 amide bonds. The molecule has 3 rings (SSSR count). The number of hydrogen-bond acceptors (Lipinski definition) is 5. The number of fused-ring (bicyclic) bond motifs is 1. The van der Waals surface area contributed by atoms with Crippen LogP contribution in [0.3, 0.4) is 0 Å². The molecule has 7 heteroatoms. The molecule has 1 aromatic carbocycles. The molecule has 2 aliphatic rings. The monoisotopic (exact) mass is 380 g/mol. The predicted octanol–water partition coefficient (Wildman–Crippen LogP) is 2.75. The van der Waals surface area contributed by atoms with Crippen LogP contribution in [0, 0.1) is 12.8 Å². The van der Waals surface area contributed by atoms with E-state index in [4.69, 9.17) is 4.74 Å². The molecule has 1 heterocycles. The second-order valence-corrected chi connectivity index (χ2v) is 9.56. The fourth-order valence-electron chi connectivity index (χ4n) is 3.76. The van der Waals surface area contributed by atoms with Crippen LogP contribution >= 0.6 is 0 Å². The maximum atomic E-state index is 12.4. The van der Waals surface area contributed by atoms with Crippen molar-refractivity contribution in [1.29, 1.82) is 0 Å². The maximum Gasteiger partial charge on any atom is 0.276 e. The fraction of sp³-hybridized carbons (Fsp3) is 0.632. The normalized spacial score (nSPS) is 28.6. The van der Waals surface area contributed by atoms with Crippen molar-refractivity contribution in [3.8, 4) is 0 Å². The first kappa shape index (κ1) is 19.3. The Hall–Kier alpha value is -1.44. The van der Waals surface area contributed by atoms with E-state index in [1.54, 1.807) is 38.1 Å². The highest BCUT2D eigenvalue weighted by Gasteiger charge is 2.41. The van der Waals surface area contributed by atoms with Gasteiger partial charge in [0.1, 0.15) is 0 Å². The van der Waals surface area contributed by atoms with Gasteiger partial charge in [0, 0.05) is 11.6 Å². The van der Waals surface area contributed by atoms with Crippen LogP contribution < -0.4 is 4.83 Å². The lowest BCUT2D eigenvalue weighted by Crippen LogP contribution is -2.49. The summed E-state index contributed by atoms with van der Waals surface area (Å²) >= 11 is 0. The molecule has 0 aromatic heterocycles. The summed E-state index contributed by atoms with van der Waals surface area (Å²) in [5.41, 5.74) is 0.990. The quantitative estimate of drug-likeness (QED) is 0.786. The summed E-state index contributed by atoms with van der Waals surface area (Å²) < 4.78 is 31.0. The summed E-state index contributed by atoms with van der Waals surface area (Å²) in [7, 11) is -3.67. The van der Waals surface area contributed by atoms with Crippen molar-refractivity contribution < 1.29 is 18.3 Å². The number of aryl methyl sites for hydroxylation is 1. The van der Waals surface area contributed by atoms with Crippen LogP contribution in [-0.2, 0) is 14.8 Å². The van der Waals surface area contributed by atoms with Crippen LogP contribution in [0.15, 0.2) is 34.3 Å². The minimum Gasteiger partial charge on any atom is -0.388 e. The zero-order chi connectivity index (χ0) is 18.9. The first-order chi connectivity index (χ1) is 12.2. The second kappa shape index (κ2) is 7.29. The Kier molecular flexibility index (Phi) is 5.42. The molecule has 1 saturated heterocycles. The van der Waals surface area contributed by atoms with Gasteiger partial charge in [-0.1, -0.05) is 17.7 Å². The van der Waals surface area contributed by atoms with E-state index in [-0.39, 0.29) is 23.0 Å². The highest BCUT2D eigenvalue weighted by Crippen LogP contribution is 2.37. The topological polar surface area (TPSA) is 88.0 Å². The SMILES string of the molecule is Cc1ccc(S(=O)(=O)N/N=C2\CCCC3OC(C(C)(C)O)CCC23)cc1. The van der Waals surface area contributed by atoms with E-state index in [1.807, 2.05) is 6.92 Å². The molecule has 3 unspecified atom stereocenters. The smallest absolute Gasteiger partial charge is 0.276 e. The van der Waals surface area contributed by atoms with E-state index in [0.717, 1.165) is 43.4 Å². The zero-order valence-corrected chi connectivity index (χ0v) is 16.4. The van der Waals surface area contributed by atoms with Gasteiger partial charge >= 0.3 is 0 Å². The van der Waals surface area contributed by atoms with Gasteiger partial charge in [-0.2, -0.15) is 13.5 Å². The van der Waals surface area contributed by atoms with Crippen molar-refractivity contribution in [2.75, 3.05) is 0 Å². The van der Waals surface area contributed by atoms with Gasteiger partial charge in [-0.15, -0.1) is 0 Å². The Morgan fingerprint density at radius 3 is 2.54 bits per heavy atom. The molecule has 1 aliphatic heterocycles. The molecule has 2 fully saturated rings. The van der Waals surface area contributed by atoms with Crippen LogP contribution in [-0.4, -0.2) is 37.0 Å². The number of hydrogen-bond donors (Lipinski definition) is 2. The van der Waals surface area contributed by atoms with E-state index in [0.29, 0.717) is 0 Å². The Morgan fingerprint density at radius 1 is 1.19 bits per heavy atom. The molecule has 2 N–H and O–H groups in total. The van der Waals surface area contributed by atoms with E-state index in [1.165, 1.54) is 0 Å². The Balaban J connectivity index is 1.72. The first-order valence-corrected chi connectivity index (χ1v) is 10.7. The van der Waals surface area contributed by atoms with Gasteiger partial charge in [-0.25, -0.2) is 4.83 Å². The molecule has 1 aromatic rings. The Morgan fingerprint density at radius 2 is 1.88 bits per heavy atom. The summed E-state index contributed by atoms with van der Waals surface area (Å²) in [5, 5.41) is 14.5. The number of nitrogens with zero attached hydrogens (tertiary/aromatic N) is 1. The average Bonchev–Trinajstić information content (AvgIpc) is 2.59. The van der Waals surface area contributed by atoms with Crippen molar-refractivity contribution in [3.05, 3.63) is 29.8 Å². The number of hydrazone groups is 1. The van der Waals surface area contributed by atoms with E-state index in [9.17, 15) is 13.5 Å². The number of nitrogens with one attached hydrogen (secondary N) is 1. The van der Waals surface area contributed by atoms with Gasteiger partial charge in [-0.05, 0) is 65.0 Å². The van der Waals surface area contributed by atoms with E-state index >= 15 is 0 Å². The van der Waals surface area contributed by atoms with Crippen molar-refractivity contribution in [2.45, 2.75) is 75.6 Å². The zero-order valence-electron chi connectivity index (χ0n) is 15.6. The molecular weight excluding hydrogens is 352 g/mol. The molecule has 1 saturated carbocycles. The van der Waals surface area contributed by atoms with Crippen LogP contribution in [0.1, 0.15) is 51.5 Å². The van der Waals surface area contributed by atoms with Crippen LogP contribution in [0.2, 0.25) is 0 Å². The average molecular weight is 381 g/mol. The molecule has 0 radical (unpaired) electrons. The molecule has 1 aliphatic carbocycles. The molecule has 3 atom stereocenters. The molecule has 0 bridgehead atoms. The molecule has 26 heavy (non-hydrogen) atoms. The summed E-state index contributed by atoms with van der Waals surface area (Å²) in [6.45, 7) is 5.45. The van der Waals surface area contributed by atoms with Gasteiger partial charge in [0.15, 0.2) is 0 Å². The van der Waals surface area contributed by atoms with Gasteiger partial charge < -0.3 is 9.84 Å². The lowest BCUT2D eigenvalue weighted by Gasteiger charge is -2.43. The minimum absolute atomic E-state index is 0.00319. The van der Waals surface area contributed by atoms with Gasteiger partial charge in [0.25, 0.3) is 10.0 Å². The number of benzene rings is 1. The molecule has 144 valence electrons. The summed E-state index contributed by atoms with van der Waals surface area (Å²) in [6, 6.07) is 6.70. The summed E-state index contributed by atoms with van der Waals surface area (Å²) in [6.07, 6.45) is 4.00. The lowest BCUT2D eigenvalue weighted by molar-refractivity contribution is -0.154. The number of ether oxygens (including phenoxy) is 1. The maximum absolute atomic E-state index is 12.4. The van der Waals surface area contributed by atoms with Crippen molar-refractivity contribution in [1.82, 2.24) is 4.83 Å². The minimum atomic E-state index is -3.67. The highest BCUT2D eigenvalue weighted by atomic mass is 32.2. The van der Waals surface area contributed by atoms with Gasteiger partial charge in [-0.3, -0.25) is 0 Å². The Labute approximate surface area is 155 Å². The molecule has 0 spiro atoms. The fourth-order valence-corrected chi connectivity index (χ4v) is 4.60. The standard InChI is InChI=1S/C19H28N2O4S/c1-13-7-9-14(10-8-13)26(23,24)21-20-16-5-4-6-17-15(16)11-12-18(25-17)19(2,3)22/h7-10,15,17-18,21-22H,4-6,11-12H2,1-3H3/b20-16+. The number of aliphatic hydroxyl groups is 1. The van der Waals surface area contributed by atoms with Gasteiger partial charge in [0.05, 0.1) is 22.7 Å². The Bertz CT molecular complexity index is 766. The predicted molar refractivity (Wildman–Crippen MR) is 100 cm³/mol.